The van der Waals surface area contributed by atoms with Gasteiger partial charge in [-0.2, -0.15) is 0 Å². The highest BCUT2D eigenvalue weighted by molar-refractivity contribution is 6.30. The van der Waals surface area contributed by atoms with Gasteiger partial charge in [-0.1, -0.05) is 29.8 Å². The Morgan fingerprint density at radius 2 is 2.05 bits per heavy atom. The number of hydrogen-bond acceptors (Lipinski definition) is 3. The van der Waals surface area contributed by atoms with Crippen LogP contribution in [0, 0.1) is 6.92 Å². The van der Waals surface area contributed by atoms with E-state index in [0.717, 1.165) is 11.3 Å². The maximum absolute atomic E-state index is 12.6. The van der Waals surface area contributed by atoms with Crippen LogP contribution in [-0.2, 0) is 0 Å². The van der Waals surface area contributed by atoms with Gasteiger partial charge in [0.1, 0.15) is 11.0 Å². The summed E-state index contributed by atoms with van der Waals surface area (Å²) in [5.74, 6) is 0.485. The molecule has 0 aliphatic carbocycles. The normalized spacial score (nSPS) is 10.3. The van der Waals surface area contributed by atoms with Crippen molar-refractivity contribution in [1.29, 1.82) is 0 Å². The van der Waals surface area contributed by atoms with E-state index in [4.69, 9.17) is 11.6 Å². The molecule has 0 saturated carbocycles. The van der Waals surface area contributed by atoms with Gasteiger partial charge in [0, 0.05) is 24.8 Å². The Kier molecular flexibility index (Phi) is 4.81. The molecule has 0 bridgehead atoms. The number of para-hydroxylation sites is 1. The molecule has 0 atom stereocenters. The number of nitrogens with zero attached hydrogens (tertiary/aromatic N) is 2. The minimum absolute atomic E-state index is 0.118. The second-order valence-electron chi connectivity index (χ2n) is 4.74. The first-order valence-electron chi connectivity index (χ1n) is 6.78. The Balaban J connectivity index is 2.33. The van der Waals surface area contributed by atoms with Crippen LogP contribution < -0.4 is 10.2 Å². The number of carbonyl (C=O) groups is 1. The first kappa shape index (κ1) is 15.3. The summed E-state index contributed by atoms with van der Waals surface area (Å²) in [5, 5.41) is 3.37. The lowest BCUT2D eigenvalue weighted by Gasteiger charge is -2.20. The Labute approximate surface area is 129 Å². The number of halogens is 1. The fourth-order valence-corrected chi connectivity index (χ4v) is 2.34. The van der Waals surface area contributed by atoms with Gasteiger partial charge < -0.3 is 10.2 Å². The quantitative estimate of drug-likeness (QED) is 0.875. The van der Waals surface area contributed by atoms with Crippen LogP contribution in [-0.4, -0.2) is 24.5 Å². The minimum atomic E-state index is -0.118. The van der Waals surface area contributed by atoms with Crippen LogP contribution in [0.25, 0.3) is 0 Å². The van der Waals surface area contributed by atoms with Crippen LogP contribution in [0.2, 0.25) is 5.15 Å². The van der Waals surface area contributed by atoms with Gasteiger partial charge in [-0.25, -0.2) is 4.98 Å². The largest absolute Gasteiger partial charge is 0.370 e. The maximum atomic E-state index is 12.6. The number of aryl methyl sites for hydroxylation is 1. The third-order valence-electron chi connectivity index (χ3n) is 3.18. The number of carbonyl (C=O) groups excluding carboxylic acids is 1. The average molecular weight is 304 g/mol. The first-order chi connectivity index (χ1) is 10.0. The van der Waals surface area contributed by atoms with Gasteiger partial charge in [0.15, 0.2) is 0 Å². The molecule has 21 heavy (non-hydrogen) atoms. The molecule has 5 heteroatoms. The van der Waals surface area contributed by atoms with Crippen molar-refractivity contribution in [3.05, 3.63) is 52.7 Å². The Morgan fingerprint density at radius 3 is 2.71 bits per heavy atom. The van der Waals surface area contributed by atoms with E-state index < -0.39 is 0 Å². The summed E-state index contributed by atoms with van der Waals surface area (Å²) in [7, 11) is 1.76. The van der Waals surface area contributed by atoms with E-state index in [0.29, 0.717) is 23.1 Å². The number of rotatable bonds is 4. The topological polar surface area (TPSA) is 45.2 Å². The second-order valence-corrected chi connectivity index (χ2v) is 5.13. The van der Waals surface area contributed by atoms with Crippen molar-refractivity contribution in [3.63, 3.8) is 0 Å². The summed E-state index contributed by atoms with van der Waals surface area (Å²) < 4.78 is 0. The number of benzene rings is 1. The lowest BCUT2D eigenvalue weighted by Crippen LogP contribution is -2.27. The van der Waals surface area contributed by atoms with Crippen molar-refractivity contribution in [3.8, 4) is 0 Å². The molecule has 0 aliphatic heterocycles. The van der Waals surface area contributed by atoms with Crippen LogP contribution >= 0.6 is 11.6 Å². The van der Waals surface area contributed by atoms with Crippen LogP contribution in [0.5, 0.6) is 0 Å². The fraction of sp³-hybridized carbons (Fsp3) is 0.250. The van der Waals surface area contributed by atoms with Gasteiger partial charge in [-0.15, -0.1) is 0 Å². The number of anilines is 2. The molecule has 1 aromatic carbocycles. The highest BCUT2D eigenvalue weighted by Crippen LogP contribution is 2.22. The lowest BCUT2D eigenvalue weighted by atomic mass is 10.1. The molecule has 2 aromatic rings. The molecule has 0 spiro atoms. The molecule has 1 N–H and O–H groups in total. The van der Waals surface area contributed by atoms with Gasteiger partial charge in [-0.3, -0.25) is 4.79 Å². The van der Waals surface area contributed by atoms with E-state index in [9.17, 15) is 4.79 Å². The summed E-state index contributed by atoms with van der Waals surface area (Å²) in [6.07, 6.45) is 0. The number of amides is 1. The van der Waals surface area contributed by atoms with E-state index in [2.05, 4.69) is 10.3 Å². The van der Waals surface area contributed by atoms with Crippen molar-refractivity contribution in [2.24, 2.45) is 0 Å². The monoisotopic (exact) mass is 303 g/mol. The smallest absolute Gasteiger partial charge is 0.258 e. The lowest BCUT2D eigenvalue weighted by molar-refractivity contribution is 0.0993. The maximum Gasteiger partial charge on any atom is 0.258 e. The second kappa shape index (κ2) is 6.59. The molecule has 0 aliphatic rings. The fourth-order valence-electron chi connectivity index (χ4n) is 2.13. The number of nitrogens with one attached hydrogen (secondary N) is 1. The summed E-state index contributed by atoms with van der Waals surface area (Å²) in [6, 6.07) is 11.1. The predicted octanol–water partition coefficient (Wildman–Crippen LogP) is 3.75. The van der Waals surface area contributed by atoms with Crippen LogP contribution in [0.1, 0.15) is 22.8 Å². The van der Waals surface area contributed by atoms with Crippen molar-refractivity contribution >= 4 is 29.0 Å². The Morgan fingerprint density at radius 1 is 1.33 bits per heavy atom. The molecular weight excluding hydrogens is 286 g/mol. The third kappa shape index (κ3) is 3.52. The van der Waals surface area contributed by atoms with E-state index in [1.54, 1.807) is 24.1 Å². The van der Waals surface area contributed by atoms with Crippen LogP contribution in [0.4, 0.5) is 11.5 Å². The molecule has 1 aromatic heterocycles. The van der Waals surface area contributed by atoms with Gasteiger partial charge >= 0.3 is 0 Å². The summed E-state index contributed by atoms with van der Waals surface area (Å²) >= 11 is 5.99. The number of hydrogen-bond donors (Lipinski definition) is 1. The van der Waals surface area contributed by atoms with Crippen LogP contribution in [0.3, 0.4) is 0 Å². The third-order valence-corrected chi connectivity index (χ3v) is 3.37. The van der Waals surface area contributed by atoms with Crippen molar-refractivity contribution < 1.29 is 4.79 Å². The van der Waals surface area contributed by atoms with E-state index in [1.807, 2.05) is 38.1 Å². The SMILES string of the molecule is CCNc1cc(C(=O)N(C)c2ccccc2C)cc(Cl)n1. The highest BCUT2D eigenvalue weighted by Gasteiger charge is 2.16. The van der Waals surface area contributed by atoms with Crippen molar-refractivity contribution in [1.82, 2.24) is 4.98 Å². The van der Waals surface area contributed by atoms with Crippen LogP contribution in [0.15, 0.2) is 36.4 Å². The van der Waals surface area contributed by atoms with Crippen molar-refractivity contribution in [2.45, 2.75) is 13.8 Å². The van der Waals surface area contributed by atoms with Gasteiger partial charge in [0.25, 0.3) is 5.91 Å². The molecule has 1 heterocycles. The van der Waals surface area contributed by atoms with E-state index in [-0.39, 0.29) is 5.91 Å². The van der Waals surface area contributed by atoms with Gasteiger partial charge in [0.2, 0.25) is 0 Å². The highest BCUT2D eigenvalue weighted by atomic mass is 35.5. The van der Waals surface area contributed by atoms with Gasteiger partial charge in [-0.05, 0) is 37.6 Å². The predicted molar refractivity (Wildman–Crippen MR) is 87.3 cm³/mol. The molecule has 4 nitrogen and oxygen atoms in total. The zero-order valence-electron chi connectivity index (χ0n) is 12.4. The molecule has 0 fully saturated rings. The first-order valence-corrected chi connectivity index (χ1v) is 7.16. The molecule has 0 radical (unpaired) electrons. The molecule has 1 amide bonds. The molecule has 2 rings (SSSR count). The molecule has 110 valence electrons. The number of pyridine rings is 1. The molecule has 0 unspecified atom stereocenters. The summed E-state index contributed by atoms with van der Waals surface area (Å²) in [4.78, 5) is 18.4. The minimum Gasteiger partial charge on any atom is -0.370 e. The summed E-state index contributed by atoms with van der Waals surface area (Å²) in [6.45, 7) is 4.65. The van der Waals surface area contributed by atoms with E-state index >= 15 is 0 Å². The summed E-state index contributed by atoms with van der Waals surface area (Å²) in [5.41, 5.74) is 2.43. The zero-order valence-corrected chi connectivity index (χ0v) is 13.1. The zero-order chi connectivity index (χ0) is 15.4. The van der Waals surface area contributed by atoms with E-state index in [1.165, 1.54) is 0 Å². The van der Waals surface area contributed by atoms with Crippen molar-refractivity contribution in [2.75, 3.05) is 23.8 Å². The Hall–Kier alpha value is -2.07. The Bertz CT molecular complexity index is 658. The number of aromatic nitrogens is 1. The standard InChI is InChI=1S/C16H18ClN3O/c1-4-18-15-10-12(9-14(17)19-15)16(21)20(3)13-8-6-5-7-11(13)2/h5-10H,4H2,1-3H3,(H,18,19). The molecular formula is C16H18ClN3O. The molecule has 0 saturated heterocycles. The van der Waals surface area contributed by atoms with Gasteiger partial charge in [0.05, 0.1) is 0 Å². The average Bonchev–Trinajstić information content (AvgIpc) is 2.46.